The second-order valence-corrected chi connectivity index (χ2v) is 5.64. The van der Waals surface area contributed by atoms with Gasteiger partial charge in [0.1, 0.15) is 0 Å². The molecule has 6 heteroatoms. The zero-order valence-electron chi connectivity index (χ0n) is 13.4. The molecule has 0 saturated heterocycles. The summed E-state index contributed by atoms with van der Waals surface area (Å²) in [5.74, 6) is -1.43. The third-order valence-corrected chi connectivity index (χ3v) is 3.54. The molecule has 0 aliphatic heterocycles. The van der Waals surface area contributed by atoms with Crippen LogP contribution in [0.1, 0.15) is 44.2 Å². The lowest BCUT2D eigenvalue weighted by atomic mass is 9.90. The van der Waals surface area contributed by atoms with Gasteiger partial charge in [0.25, 0.3) is 5.60 Å². The number of ether oxygens (including phenoxy) is 1. The molecule has 0 amide bonds. The molecule has 0 aromatic heterocycles. The predicted molar refractivity (Wildman–Crippen MR) is 81.8 cm³/mol. The number of hydrogen-bond acceptors (Lipinski definition) is 3. The number of halogens is 3. The third kappa shape index (κ3) is 4.34. The van der Waals surface area contributed by atoms with Crippen molar-refractivity contribution in [3.8, 4) is 0 Å². The summed E-state index contributed by atoms with van der Waals surface area (Å²) >= 11 is 0. The molecule has 128 valence electrons. The average Bonchev–Trinajstić information content (AvgIpc) is 2.46. The van der Waals surface area contributed by atoms with Crippen molar-refractivity contribution < 1.29 is 27.8 Å². The van der Waals surface area contributed by atoms with Crippen molar-refractivity contribution in [1.29, 1.82) is 0 Å². The highest BCUT2D eigenvalue weighted by atomic mass is 19.4. The molecular formula is C17H21F3O3. The fraction of sp³-hybridized carbons (Fsp3) is 0.471. The molecule has 0 unspecified atom stereocenters. The molecule has 1 atom stereocenters. The van der Waals surface area contributed by atoms with Gasteiger partial charge in [-0.15, -0.1) is 0 Å². The molecule has 0 bridgehead atoms. The highest BCUT2D eigenvalue weighted by Gasteiger charge is 2.60. The van der Waals surface area contributed by atoms with Gasteiger partial charge in [-0.25, -0.2) is 4.79 Å². The van der Waals surface area contributed by atoms with E-state index in [1.165, 1.54) is 6.92 Å². The Labute approximate surface area is 133 Å². The van der Waals surface area contributed by atoms with Crippen molar-refractivity contribution in [3.63, 3.8) is 0 Å². The van der Waals surface area contributed by atoms with Gasteiger partial charge in [0.05, 0.1) is 6.61 Å². The van der Waals surface area contributed by atoms with Gasteiger partial charge in [-0.3, -0.25) is 0 Å². The second-order valence-electron chi connectivity index (χ2n) is 5.64. The summed E-state index contributed by atoms with van der Waals surface area (Å²) in [6.07, 6.45) is -6.13. The normalized spacial score (nSPS) is 14.4. The number of carbonyl (C=O) groups is 1. The van der Waals surface area contributed by atoms with Crippen LogP contribution in [0.4, 0.5) is 13.2 Å². The minimum Gasteiger partial charge on any atom is -0.464 e. The summed E-state index contributed by atoms with van der Waals surface area (Å²) in [6, 6.07) is 6.81. The Morgan fingerprint density at radius 1 is 1.26 bits per heavy atom. The van der Waals surface area contributed by atoms with Crippen LogP contribution in [0.5, 0.6) is 0 Å². The molecule has 3 nitrogen and oxygen atoms in total. The number of alkyl halides is 3. The van der Waals surface area contributed by atoms with Crippen molar-refractivity contribution in [2.75, 3.05) is 6.61 Å². The Morgan fingerprint density at radius 2 is 1.78 bits per heavy atom. The number of benzene rings is 1. The van der Waals surface area contributed by atoms with Crippen LogP contribution in [0.25, 0.3) is 5.57 Å². The van der Waals surface area contributed by atoms with Gasteiger partial charge in [0.15, 0.2) is 0 Å². The van der Waals surface area contributed by atoms with Crippen LogP contribution in [0, 0.1) is 0 Å². The molecule has 0 spiro atoms. The van der Waals surface area contributed by atoms with Crippen LogP contribution < -0.4 is 0 Å². The molecule has 0 fully saturated rings. The topological polar surface area (TPSA) is 46.5 Å². The molecular weight excluding hydrogens is 309 g/mol. The molecule has 0 aliphatic rings. The van der Waals surface area contributed by atoms with E-state index in [2.05, 4.69) is 11.3 Å². The van der Waals surface area contributed by atoms with Crippen LogP contribution in [0.15, 0.2) is 30.8 Å². The van der Waals surface area contributed by atoms with Crippen LogP contribution in [-0.2, 0) is 9.53 Å². The van der Waals surface area contributed by atoms with Crippen LogP contribution in [0.2, 0.25) is 0 Å². The minimum atomic E-state index is -5.15. The maximum absolute atomic E-state index is 13.1. The Bertz CT molecular complexity index is 561. The summed E-state index contributed by atoms with van der Waals surface area (Å²) in [7, 11) is 0. The lowest BCUT2D eigenvalue weighted by Crippen LogP contribution is -2.53. The summed E-state index contributed by atoms with van der Waals surface area (Å²) in [6.45, 7) is 8.67. The van der Waals surface area contributed by atoms with E-state index >= 15 is 0 Å². The summed E-state index contributed by atoms with van der Waals surface area (Å²) < 4.78 is 43.8. The Hall–Kier alpha value is -1.82. The Balaban J connectivity index is 3.04. The quantitative estimate of drug-likeness (QED) is 0.800. The van der Waals surface area contributed by atoms with Crippen molar-refractivity contribution >= 4 is 11.5 Å². The largest absolute Gasteiger partial charge is 0.464 e. The molecule has 23 heavy (non-hydrogen) atoms. The first-order valence-corrected chi connectivity index (χ1v) is 7.27. The summed E-state index contributed by atoms with van der Waals surface area (Å²) in [5.41, 5.74) is -2.14. The van der Waals surface area contributed by atoms with E-state index in [0.717, 1.165) is 5.56 Å². The van der Waals surface area contributed by atoms with Crippen LogP contribution in [0.3, 0.4) is 0 Å². The van der Waals surface area contributed by atoms with Crippen LogP contribution >= 0.6 is 0 Å². The molecule has 1 aromatic rings. The zero-order valence-corrected chi connectivity index (χ0v) is 13.4. The van der Waals surface area contributed by atoms with E-state index in [1.54, 1.807) is 24.3 Å². The predicted octanol–water partition coefficient (Wildman–Crippen LogP) is 4.07. The Morgan fingerprint density at radius 3 is 2.17 bits per heavy atom. The third-order valence-electron chi connectivity index (χ3n) is 3.54. The van der Waals surface area contributed by atoms with Gasteiger partial charge in [0.2, 0.25) is 0 Å². The molecule has 0 saturated carbocycles. The van der Waals surface area contributed by atoms with E-state index in [0.29, 0.717) is 5.56 Å². The molecule has 1 N–H and O–H groups in total. The average molecular weight is 330 g/mol. The first-order chi connectivity index (χ1) is 10.5. The highest BCUT2D eigenvalue weighted by Crippen LogP contribution is 2.38. The number of aliphatic hydroxyl groups is 1. The standard InChI is InChI=1S/C17H21F3O3/c1-5-23-15(21)16(22,17(18,19)20)10-12(4)14-8-6-13(7-9-14)11(2)3/h6-9,11,22H,4-5,10H2,1-3H3/t16-/m1/s1. The Kier molecular flexibility index (Phi) is 5.99. The fourth-order valence-electron chi connectivity index (χ4n) is 2.05. The zero-order chi connectivity index (χ0) is 17.8. The van der Waals surface area contributed by atoms with E-state index in [9.17, 15) is 23.1 Å². The van der Waals surface area contributed by atoms with E-state index < -0.39 is 24.2 Å². The van der Waals surface area contributed by atoms with Gasteiger partial charge < -0.3 is 9.84 Å². The monoisotopic (exact) mass is 330 g/mol. The number of hydrogen-bond donors (Lipinski definition) is 1. The maximum atomic E-state index is 13.1. The van der Waals surface area contributed by atoms with Crippen molar-refractivity contribution in [3.05, 3.63) is 42.0 Å². The molecule has 0 heterocycles. The minimum absolute atomic E-state index is 0.00758. The first-order valence-electron chi connectivity index (χ1n) is 7.27. The van der Waals surface area contributed by atoms with Gasteiger partial charge in [-0.2, -0.15) is 13.2 Å². The highest BCUT2D eigenvalue weighted by molar-refractivity contribution is 5.83. The SMILES string of the molecule is C=C(C[C@@](O)(C(=O)OCC)C(F)(F)F)c1ccc(C(C)C)cc1. The maximum Gasteiger partial charge on any atom is 0.428 e. The van der Waals surface area contributed by atoms with Gasteiger partial charge in [-0.05, 0) is 29.5 Å². The summed E-state index contributed by atoms with van der Waals surface area (Å²) in [5, 5.41) is 9.86. The van der Waals surface area contributed by atoms with Gasteiger partial charge in [-0.1, -0.05) is 44.7 Å². The number of carbonyl (C=O) groups excluding carboxylic acids is 1. The van der Waals surface area contributed by atoms with Crippen LogP contribution in [-0.4, -0.2) is 29.5 Å². The first kappa shape index (κ1) is 19.2. The lowest BCUT2D eigenvalue weighted by molar-refractivity contribution is -0.260. The number of esters is 1. The van der Waals surface area contributed by atoms with E-state index in [4.69, 9.17) is 0 Å². The van der Waals surface area contributed by atoms with Crippen molar-refractivity contribution in [2.24, 2.45) is 0 Å². The number of rotatable bonds is 6. The van der Waals surface area contributed by atoms with Crippen molar-refractivity contribution in [2.45, 2.75) is 44.9 Å². The fourth-order valence-corrected chi connectivity index (χ4v) is 2.05. The summed E-state index contributed by atoms with van der Waals surface area (Å²) in [4.78, 5) is 11.6. The molecule has 1 rings (SSSR count). The lowest BCUT2D eigenvalue weighted by Gasteiger charge is -2.28. The smallest absolute Gasteiger partial charge is 0.428 e. The second kappa shape index (κ2) is 7.17. The molecule has 0 aliphatic carbocycles. The van der Waals surface area contributed by atoms with E-state index in [-0.39, 0.29) is 18.1 Å². The molecule has 0 radical (unpaired) electrons. The van der Waals surface area contributed by atoms with E-state index in [1.807, 2.05) is 13.8 Å². The molecule has 1 aromatic carbocycles. The van der Waals surface area contributed by atoms with Gasteiger partial charge in [0, 0.05) is 6.42 Å². The van der Waals surface area contributed by atoms with Gasteiger partial charge >= 0.3 is 12.1 Å². The van der Waals surface area contributed by atoms with Crippen molar-refractivity contribution in [1.82, 2.24) is 0 Å².